The Balaban J connectivity index is 2.16. The second kappa shape index (κ2) is 6.43. The average Bonchev–Trinajstić information content (AvgIpc) is 2.44. The van der Waals surface area contributed by atoms with Crippen LogP contribution >= 0.6 is 23.2 Å². The summed E-state index contributed by atoms with van der Waals surface area (Å²) in [6.07, 6.45) is 0. The van der Waals surface area contributed by atoms with Crippen molar-refractivity contribution in [3.63, 3.8) is 0 Å². The Morgan fingerprint density at radius 3 is 2.33 bits per heavy atom. The summed E-state index contributed by atoms with van der Waals surface area (Å²) in [5.74, 6) is 0. The quantitative estimate of drug-likeness (QED) is 0.641. The van der Waals surface area contributed by atoms with Crippen LogP contribution in [0.1, 0.15) is 0 Å². The summed E-state index contributed by atoms with van der Waals surface area (Å²) in [5, 5.41) is 16.2. The maximum Gasteiger partial charge on any atom is 0.323 e. The molecule has 0 aromatic heterocycles. The number of benzene rings is 2. The molecule has 0 spiro atoms. The third kappa shape index (κ3) is 3.62. The normalized spacial score (nSPS) is 10.0. The van der Waals surface area contributed by atoms with Gasteiger partial charge < -0.3 is 10.6 Å². The number of carbonyl (C=O) groups is 1. The largest absolute Gasteiger partial charge is 0.323 e. The number of hydrogen-bond acceptors (Lipinski definition) is 3. The van der Waals surface area contributed by atoms with E-state index in [1.165, 1.54) is 18.2 Å². The molecule has 0 heterocycles. The van der Waals surface area contributed by atoms with Crippen LogP contribution in [0.5, 0.6) is 0 Å². The van der Waals surface area contributed by atoms with Crippen molar-refractivity contribution in [2.75, 3.05) is 10.6 Å². The Hall–Kier alpha value is -2.31. The minimum atomic E-state index is -0.659. The zero-order chi connectivity index (χ0) is 15.4. The Bertz CT molecular complexity index is 707. The fraction of sp³-hybridized carbons (Fsp3) is 0. The zero-order valence-electron chi connectivity index (χ0n) is 10.5. The lowest BCUT2D eigenvalue weighted by atomic mass is 10.2. The van der Waals surface area contributed by atoms with Gasteiger partial charge in [0, 0.05) is 6.07 Å². The van der Waals surface area contributed by atoms with Crippen molar-refractivity contribution < 1.29 is 9.72 Å². The molecule has 0 aliphatic rings. The number of para-hydroxylation sites is 2. The number of urea groups is 1. The molecule has 108 valence electrons. The van der Waals surface area contributed by atoms with Crippen LogP contribution in [0.4, 0.5) is 21.9 Å². The summed E-state index contributed by atoms with van der Waals surface area (Å²) in [4.78, 5) is 22.1. The van der Waals surface area contributed by atoms with Gasteiger partial charge in [-0.15, -0.1) is 0 Å². The lowest BCUT2D eigenvalue weighted by Gasteiger charge is -2.09. The molecular formula is C13H9Cl2N3O3. The van der Waals surface area contributed by atoms with Crippen LogP contribution in [-0.4, -0.2) is 11.0 Å². The molecule has 2 amide bonds. The number of halogens is 2. The Kier molecular flexibility index (Phi) is 4.62. The summed E-state index contributed by atoms with van der Waals surface area (Å²) >= 11 is 11.8. The van der Waals surface area contributed by atoms with Gasteiger partial charge in [-0.2, -0.15) is 0 Å². The fourth-order valence-electron chi connectivity index (χ4n) is 1.61. The van der Waals surface area contributed by atoms with Crippen molar-refractivity contribution in [1.29, 1.82) is 0 Å². The topological polar surface area (TPSA) is 84.3 Å². The van der Waals surface area contributed by atoms with Gasteiger partial charge in [-0.05, 0) is 18.2 Å². The summed E-state index contributed by atoms with van der Waals surface area (Å²) < 4.78 is 0. The number of nitro groups is 1. The van der Waals surface area contributed by atoms with Crippen molar-refractivity contribution >= 4 is 46.3 Å². The number of amides is 2. The molecular weight excluding hydrogens is 317 g/mol. The Morgan fingerprint density at radius 2 is 1.62 bits per heavy atom. The molecule has 2 aromatic rings. The van der Waals surface area contributed by atoms with Gasteiger partial charge in [-0.25, -0.2) is 4.79 Å². The standard InChI is InChI=1S/C13H9Cl2N3O3/c14-8-4-3-6-10(12(8)15)17-13(19)16-9-5-1-2-7-11(9)18(20)21/h1-7H,(H2,16,17,19). The smallest absolute Gasteiger partial charge is 0.306 e. The molecule has 8 heteroatoms. The predicted molar refractivity (Wildman–Crippen MR) is 82.2 cm³/mol. The van der Waals surface area contributed by atoms with E-state index in [2.05, 4.69) is 10.6 Å². The lowest BCUT2D eigenvalue weighted by molar-refractivity contribution is -0.383. The van der Waals surface area contributed by atoms with E-state index in [1.807, 2.05) is 0 Å². The minimum absolute atomic E-state index is 0.0816. The number of carbonyl (C=O) groups excluding carboxylic acids is 1. The van der Waals surface area contributed by atoms with E-state index in [0.717, 1.165) is 0 Å². The molecule has 0 saturated carbocycles. The highest BCUT2D eigenvalue weighted by molar-refractivity contribution is 6.44. The number of nitrogens with one attached hydrogen (secondary N) is 2. The molecule has 2 rings (SSSR count). The van der Waals surface area contributed by atoms with Crippen molar-refractivity contribution in [3.05, 3.63) is 62.6 Å². The van der Waals surface area contributed by atoms with Gasteiger partial charge >= 0.3 is 6.03 Å². The van der Waals surface area contributed by atoms with Crippen molar-refractivity contribution in [2.24, 2.45) is 0 Å². The van der Waals surface area contributed by atoms with E-state index in [4.69, 9.17) is 23.2 Å². The molecule has 2 aromatic carbocycles. The van der Waals surface area contributed by atoms with Crippen molar-refractivity contribution in [3.8, 4) is 0 Å². The first-order valence-electron chi connectivity index (χ1n) is 5.74. The number of hydrogen-bond donors (Lipinski definition) is 2. The van der Waals surface area contributed by atoms with Crippen molar-refractivity contribution in [2.45, 2.75) is 0 Å². The molecule has 0 unspecified atom stereocenters. The number of rotatable bonds is 3. The zero-order valence-corrected chi connectivity index (χ0v) is 12.0. The van der Waals surface area contributed by atoms with E-state index in [-0.39, 0.29) is 16.4 Å². The third-order valence-electron chi connectivity index (χ3n) is 2.55. The van der Waals surface area contributed by atoms with Crippen molar-refractivity contribution in [1.82, 2.24) is 0 Å². The first kappa shape index (κ1) is 15.1. The average molecular weight is 326 g/mol. The molecule has 0 saturated heterocycles. The summed E-state index contributed by atoms with van der Waals surface area (Å²) in [5.41, 5.74) is 0.184. The first-order valence-corrected chi connectivity index (χ1v) is 6.50. The van der Waals surface area contributed by atoms with Crippen LogP contribution in [-0.2, 0) is 0 Å². The van der Waals surface area contributed by atoms with Gasteiger partial charge in [0.15, 0.2) is 0 Å². The highest BCUT2D eigenvalue weighted by atomic mass is 35.5. The molecule has 0 bridgehead atoms. The molecule has 0 atom stereocenters. The van der Waals surface area contributed by atoms with E-state index in [0.29, 0.717) is 10.7 Å². The maximum atomic E-state index is 11.9. The summed E-state index contributed by atoms with van der Waals surface area (Å²) in [6, 6.07) is 9.91. The Morgan fingerprint density at radius 1 is 1.00 bits per heavy atom. The van der Waals surface area contributed by atoms with E-state index < -0.39 is 11.0 Å². The molecule has 6 nitrogen and oxygen atoms in total. The molecule has 21 heavy (non-hydrogen) atoms. The van der Waals surface area contributed by atoms with Crippen LogP contribution in [0.25, 0.3) is 0 Å². The van der Waals surface area contributed by atoms with Gasteiger partial charge in [-0.3, -0.25) is 10.1 Å². The molecule has 0 aliphatic carbocycles. The number of nitro benzene ring substituents is 1. The van der Waals surface area contributed by atoms with E-state index in [9.17, 15) is 14.9 Å². The van der Waals surface area contributed by atoms with E-state index in [1.54, 1.807) is 24.3 Å². The monoisotopic (exact) mass is 325 g/mol. The van der Waals surface area contributed by atoms with Gasteiger partial charge in [0.1, 0.15) is 5.69 Å². The predicted octanol–water partition coefficient (Wildman–Crippen LogP) is 4.55. The van der Waals surface area contributed by atoms with Gasteiger partial charge in [-0.1, -0.05) is 41.4 Å². The summed E-state index contributed by atoms with van der Waals surface area (Å²) in [7, 11) is 0. The second-order valence-electron chi connectivity index (χ2n) is 3.95. The highest BCUT2D eigenvalue weighted by Crippen LogP contribution is 2.30. The van der Waals surface area contributed by atoms with Crippen LogP contribution in [0.2, 0.25) is 10.0 Å². The second-order valence-corrected chi connectivity index (χ2v) is 4.74. The summed E-state index contributed by atoms with van der Waals surface area (Å²) in [6.45, 7) is 0. The minimum Gasteiger partial charge on any atom is -0.306 e. The van der Waals surface area contributed by atoms with Crippen LogP contribution < -0.4 is 10.6 Å². The van der Waals surface area contributed by atoms with Gasteiger partial charge in [0.25, 0.3) is 5.69 Å². The highest BCUT2D eigenvalue weighted by Gasteiger charge is 2.15. The van der Waals surface area contributed by atoms with Gasteiger partial charge in [0.05, 0.1) is 20.7 Å². The van der Waals surface area contributed by atoms with E-state index >= 15 is 0 Å². The number of anilines is 2. The van der Waals surface area contributed by atoms with Crippen LogP contribution in [0.15, 0.2) is 42.5 Å². The molecule has 0 fully saturated rings. The maximum absolute atomic E-state index is 11.9. The van der Waals surface area contributed by atoms with Crippen LogP contribution in [0.3, 0.4) is 0 Å². The molecule has 0 radical (unpaired) electrons. The molecule has 2 N–H and O–H groups in total. The Labute approximate surface area is 129 Å². The fourth-order valence-corrected chi connectivity index (χ4v) is 1.96. The number of nitrogens with zero attached hydrogens (tertiary/aromatic N) is 1. The molecule has 0 aliphatic heterocycles. The van der Waals surface area contributed by atoms with Crippen LogP contribution in [0, 0.1) is 10.1 Å². The lowest BCUT2D eigenvalue weighted by Crippen LogP contribution is -2.20. The SMILES string of the molecule is O=C(Nc1ccccc1[N+](=O)[O-])Nc1cccc(Cl)c1Cl. The third-order valence-corrected chi connectivity index (χ3v) is 3.37. The first-order chi connectivity index (χ1) is 9.99. The van der Waals surface area contributed by atoms with Gasteiger partial charge in [0.2, 0.25) is 0 Å².